The van der Waals surface area contributed by atoms with Crippen molar-refractivity contribution in [1.29, 1.82) is 0 Å². The highest BCUT2D eigenvalue weighted by Gasteiger charge is 2.37. The number of likely N-dealkylation sites (N-methyl/N-ethyl adjacent to an activating group) is 2. The van der Waals surface area contributed by atoms with Gasteiger partial charge in [0.1, 0.15) is 5.82 Å². The number of hydrogen-bond acceptors (Lipinski definition) is 3. The van der Waals surface area contributed by atoms with Crippen LogP contribution in [0, 0.1) is 0 Å². The first-order valence-electron chi connectivity index (χ1n) is 6.93. The average molecular weight is 252 g/mol. The molecule has 4 nitrogen and oxygen atoms in total. The third-order valence-corrected chi connectivity index (χ3v) is 4.11. The van der Waals surface area contributed by atoms with Gasteiger partial charge in [0.05, 0.1) is 6.04 Å². The molecule has 104 valence electrons. The van der Waals surface area contributed by atoms with E-state index < -0.39 is 0 Å². The van der Waals surface area contributed by atoms with Crippen molar-refractivity contribution in [1.82, 2.24) is 19.8 Å². The smallest absolute Gasteiger partial charge is 0.127 e. The van der Waals surface area contributed by atoms with E-state index in [4.69, 9.17) is 0 Å². The number of nitrogens with one attached hydrogen (secondary N) is 1. The van der Waals surface area contributed by atoms with Gasteiger partial charge in [-0.2, -0.15) is 0 Å². The molecule has 2 atom stereocenters. The van der Waals surface area contributed by atoms with E-state index in [9.17, 15) is 0 Å². The molecule has 0 aliphatic rings. The molecule has 0 aromatic carbocycles. The van der Waals surface area contributed by atoms with Crippen LogP contribution in [0.3, 0.4) is 0 Å². The first kappa shape index (κ1) is 15.2. The average Bonchev–Trinajstić information content (AvgIpc) is 2.82. The molecular weight excluding hydrogens is 224 g/mol. The van der Waals surface area contributed by atoms with Crippen LogP contribution in [-0.4, -0.2) is 40.6 Å². The van der Waals surface area contributed by atoms with E-state index in [1.54, 1.807) is 0 Å². The molecule has 4 heteroatoms. The molecule has 0 saturated heterocycles. The first-order valence-corrected chi connectivity index (χ1v) is 6.93. The van der Waals surface area contributed by atoms with E-state index in [-0.39, 0.29) is 11.6 Å². The Morgan fingerprint density at radius 3 is 2.50 bits per heavy atom. The fourth-order valence-electron chi connectivity index (χ4n) is 2.42. The predicted octanol–water partition coefficient (Wildman–Crippen LogP) is 2.28. The van der Waals surface area contributed by atoms with Gasteiger partial charge in [-0.25, -0.2) is 4.98 Å². The molecule has 18 heavy (non-hydrogen) atoms. The highest BCUT2D eigenvalue weighted by molar-refractivity contribution is 5.09. The lowest BCUT2D eigenvalue weighted by Gasteiger charge is -2.42. The van der Waals surface area contributed by atoms with Gasteiger partial charge in [-0.1, -0.05) is 13.8 Å². The Balaban J connectivity index is 3.16. The van der Waals surface area contributed by atoms with Gasteiger partial charge in [0, 0.05) is 24.5 Å². The Bertz CT molecular complexity index is 358. The van der Waals surface area contributed by atoms with E-state index in [2.05, 4.69) is 67.8 Å². The van der Waals surface area contributed by atoms with Gasteiger partial charge in [-0.15, -0.1) is 0 Å². The summed E-state index contributed by atoms with van der Waals surface area (Å²) in [6.45, 7) is 10.8. The molecule has 1 N–H and O–H groups in total. The van der Waals surface area contributed by atoms with E-state index in [0.29, 0.717) is 0 Å². The zero-order chi connectivity index (χ0) is 13.8. The summed E-state index contributed by atoms with van der Waals surface area (Å²) in [4.78, 5) is 6.88. The fraction of sp³-hybridized carbons (Fsp3) is 0.786. The van der Waals surface area contributed by atoms with Crippen LogP contribution in [0.25, 0.3) is 0 Å². The van der Waals surface area contributed by atoms with Crippen LogP contribution < -0.4 is 5.32 Å². The molecular formula is C14H28N4. The molecule has 0 aliphatic heterocycles. The van der Waals surface area contributed by atoms with Gasteiger partial charge >= 0.3 is 0 Å². The maximum Gasteiger partial charge on any atom is 0.127 e. The number of rotatable bonds is 7. The lowest BCUT2D eigenvalue weighted by Crippen LogP contribution is -2.52. The number of aryl methyl sites for hydroxylation is 1. The van der Waals surface area contributed by atoms with Crippen LogP contribution >= 0.6 is 0 Å². The van der Waals surface area contributed by atoms with Crippen molar-refractivity contribution in [2.45, 2.75) is 52.2 Å². The van der Waals surface area contributed by atoms with Crippen LogP contribution in [0.4, 0.5) is 0 Å². The molecule has 2 unspecified atom stereocenters. The quantitative estimate of drug-likeness (QED) is 0.808. The Hall–Kier alpha value is -0.870. The molecule has 1 aromatic rings. The largest absolute Gasteiger partial charge is 0.334 e. The molecule has 1 heterocycles. The Morgan fingerprint density at radius 1 is 1.39 bits per heavy atom. The van der Waals surface area contributed by atoms with Crippen LogP contribution in [0.1, 0.15) is 46.0 Å². The Morgan fingerprint density at radius 2 is 2.06 bits per heavy atom. The van der Waals surface area contributed by atoms with Gasteiger partial charge in [0.15, 0.2) is 0 Å². The second-order valence-electron chi connectivity index (χ2n) is 5.17. The van der Waals surface area contributed by atoms with Crippen molar-refractivity contribution < 1.29 is 0 Å². The van der Waals surface area contributed by atoms with E-state index in [0.717, 1.165) is 25.3 Å². The van der Waals surface area contributed by atoms with Crippen LogP contribution in [-0.2, 0) is 6.54 Å². The van der Waals surface area contributed by atoms with Gasteiger partial charge < -0.3 is 14.8 Å². The summed E-state index contributed by atoms with van der Waals surface area (Å²) in [6.07, 6.45) is 5.04. The lowest BCUT2D eigenvalue weighted by molar-refractivity contribution is 0.107. The molecule has 0 aliphatic carbocycles. The van der Waals surface area contributed by atoms with Crippen molar-refractivity contribution in [3.8, 4) is 0 Å². The minimum absolute atomic E-state index is 0.0638. The number of imidazole rings is 1. The summed E-state index contributed by atoms with van der Waals surface area (Å²) in [5, 5.41) is 3.61. The molecule has 0 spiro atoms. The maximum atomic E-state index is 4.58. The van der Waals surface area contributed by atoms with E-state index in [1.165, 1.54) is 0 Å². The highest BCUT2D eigenvalue weighted by Crippen LogP contribution is 2.31. The van der Waals surface area contributed by atoms with Crippen molar-refractivity contribution in [3.63, 3.8) is 0 Å². The molecule has 0 fully saturated rings. The molecule has 0 amide bonds. The minimum Gasteiger partial charge on any atom is -0.334 e. The van der Waals surface area contributed by atoms with Crippen molar-refractivity contribution in [2.24, 2.45) is 0 Å². The van der Waals surface area contributed by atoms with Gasteiger partial charge in [-0.05, 0) is 40.9 Å². The van der Waals surface area contributed by atoms with Crippen LogP contribution in [0.2, 0.25) is 0 Å². The maximum absolute atomic E-state index is 4.58. The fourth-order valence-corrected chi connectivity index (χ4v) is 2.42. The van der Waals surface area contributed by atoms with E-state index >= 15 is 0 Å². The molecule has 1 aromatic heterocycles. The second kappa shape index (κ2) is 6.34. The van der Waals surface area contributed by atoms with E-state index in [1.807, 2.05) is 6.20 Å². The second-order valence-corrected chi connectivity index (χ2v) is 5.17. The summed E-state index contributed by atoms with van der Waals surface area (Å²) >= 11 is 0. The SMILES string of the molecule is CCNC(c1nccn1CC)C(C)(CC)N(C)C. The van der Waals surface area contributed by atoms with Crippen LogP contribution in [0.15, 0.2) is 12.4 Å². The van der Waals surface area contributed by atoms with Gasteiger partial charge in [0.2, 0.25) is 0 Å². The molecule has 1 rings (SSSR count). The molecule has 0 radical (unpaired) electrons. The number of hydrogen-bond donors (Lipinski definition) is 1. The minimum atomic E-state index is 0.0638. The van der Waals surface area contributed by atoms with Crippen molar-refractivity contribution >= 4 is 0 Å². The predicted molar refractivity (Wildman–Crippen MR) is 76.7 cm³/mol. The van der Waals surface area contributed by atoms with Crippen molar-refractivity contribution in [2.75, 3.05) is 20.6 Å². The molecule has 0 saturated carbocycles. The third-order valence-electron chi connectivity index (χ3n) is 4.11. The van der Waals surface area contributed by atoms with Gasteiger partial charge in [-0.3, -0.25) is 0 Å². The van der Waals surface area contributed by atoms with Crippen molar-refractivity contribution in [3.05, 3.63) is 18.2 Å². The van der Waals surface area contributed by atoms with Crippen LogP contribution in [0.5, 0.6) is 0 Å². The summed E-state index contributed by atoms with van der Waals surface area (Å²) in [7, 11) is 4.29. The summed E-state index contributed by atoms with van der Waals surface area (Å²) in [5.74, 6) is 1.14. The zero-order valence-corrected chi connectivity index (χ0v) is 12.7. The topological polar surface area (TPSA) is 33.1 Å². The normalized spacial score (nSPS) is 16.8. The Labute approximate surface area is 111 Å². The standard InChI is InChI=1S/C14H28N4/c1-7-14(4,17(5)6)12(15-8-2)13-16-10-11-18(13)9-3/h10-12,15H,7-9H2,1-6H3. The summed E-state index contributed by atoms with van der Waals surface area (Å²) in [6, 6.07) is 0.248. The summed E-state index contributed by atoms with van der Waals surface area (Å²) < 4.78 is 2.23. The number of aromatic nitrogens is 2. The monoisotopic (exact) mass is 252 g/mol. The third kappa shape index (κ3) is 2.75. The highest BCUT2D eigenvalue weighted by atomic mass is 15.2. The summed E-state index contributed by atoms with van der Waals surface area (Å²) in [5.41, 5.74) is 0.0638. The zero-order valence-electron chi connectivity index (χ0n) is 12.7. The first-order chi connectivity index (χ1) is 8.51. The number of nitrogens with zero attached hydrogens (tertiary/aromatic N) is 3. The lowest BCUT2D eigenvalue weighted by atomic mass is 9.87. The Kier molecular flexibility index (Phi) is 5.35. The molecule has 0 bridgehead atoms. The van der Waals surface area contributed by atoms with Gasteiger partial charge in [0.25, 0.3) is 0 Å².